The van der Waals surface area contributed by atoms with Crippen LogP contribution in [0.5, 0.6) is 0 Å². The number of hydrogen-bond acceptors (Lipinski definition) is 3. The van der Waals surface area contributed by atoms with E-state index in [9.17, 15) is 8.78 Å². The highest BCUT2D eigenvalue weighted by molar-refractivity contribution is 6.28. The molecule has 0 saturated carbocycles. The van der Waals surface area contributed by atoms with E-state index in [0.717, 1.165) is 17.8 Å². The van der Waals surface area contributed by atoms with Crippen molar-refractivity contribution in [2.24, 2.45) is 0 Å². The molecule has 22 heavy (non-hydrogen) atoms. The third kappa shape index (κ3) is 2.60. The first kappa shape index (κ1) is 14.7. The van der Waals surface area contributed by atoms with Crippen molar-refractivity contribution in [3.05, 3.63) is 59.4 Å². The molecular weight excluding hydrogens is 308 g/mol. The highest BCUT2D eigenvalue weighted by atomic mass is 35.5. The van der Waals surface area contributed by atoms with Crippen molar-refractivity contribution >= 4 is 34.0 Å². The molecule has 3 nitrogen and oxygen atoms in total. The fourth-order valence-electron chi connectivity index (χ4n) is 2.35. The van der Waals surface area contributed by atoms with E-state index in [1.54, 1.807) is 0 Å². The zero-order valence-electron chi connectivity index (χ0n) is 11.7. The molecule has 1 heterocycles. The molecule has 1 aromatic heterocycles. The molecule has 0 unspecified atom stereocenters. The van der Waals surface area contributed by atoms with Crippen LogP contribution in [0.1, 0.15) is 6.92 Å². The monoisotopic (exact) mass is 319 g/mol. The van der Waals surface area contributed by atoms with E-state index in [0.29, 0.717) is 17.7 Å². The van der Waals surface area contributed by atoms with Crippen LogP contribution in [0.25, 0.3) is 10.9 Å². The van der Waals surface area contributed by atoms with Crippen molar-refractivity contribution < 1.29 is 8.78 Å². The van der Waals surface area contributed by atoms with Gasteiger partial charge in [-0.3, -0.25) is 0 Å². The molecule has 0 bridgehead atoms. The van der Waals surface area contributed by atoms with E-state index < -0.39 is 11.6 Å². The van der Waals surface area contributed by atoms with Gasteiger partial charge in [0, 0.05) is 23.7 Å². The molecule has 0 amide bonds. The van der Waals surface area contributed by atoms with E-state index in [1.165, 1.54) is 0 Å². The predicted octanol–water partition coefficient (Wildman–Crippen LogP) is 4.72. The molecule has 0 aliphatic carbocycles. The summed E-state index contributed by atoms with van der Waals surface area (Å²) in [6.07, 6.45) is 0. The molecule has 0 aliphatic rings. The van der Waals surface area contributed by atoms with Crippen LogP contribution in [-0.2, 0) is 0 Å². The van der Waals surface area contributed by atoms with Crippen LogP contribution in [0.4, 0.5) is 20.3 Å². The molecule has 0 N–H and O–H groups in total. The second kappa shape index (κ2) is 5.85. The zero-order valence-corrected chi connectivity index (χ0v) is 12.5. The average Bonchev–Trinajstić information content (AvgIpc) is 2.51. The minimum Gasteiger partial charge on any atom is -0.326 e. The van der Waals surface area contributed by atoms with Gasteiger partial charge in [-0.2, -0.15) is 4.98 Å². The zero-order chi connectivity index (χ0) is 15.7. The maximum atomic E-state index is 13.6. The van der Waals surface area contributed by atoms with Gasteiger partial charge in [-0.1, -0.05) is 18.2 Å². The summed E-state index contributed by atoms with van der Waals surface area (Å²) in [6, 6.07) is 11.6. The van der Waals surface area contributed by atoms with Crippen LogP contribution in [0.15, 0.2) is 42.5 Å². The average molecular weight is 320 g/mol. The maximum absolute atomic E-state index is 13.6. The van der Waals surface area contributed by atoms with Crippen molar-refractivity contribution in [1.29, 1.82) is 0 Å². The summed E-state index contributed by atoms with van der Waals surface area (Å²) < 4.78 is 27.0. The molecule has 3 aromatic rings. The van der Waals surface area contributed by atoms with Crippen LogP contribution in [0.3, 0.4) is 0 Å². The minimum absolute atomic E-state index is 0.0112. The molecule has 0 radical (unpaired) electrons. The summed E-state index contributed by atoms with van der Waals surface area (Å²) in [6.45, 7) is 2.53. The summed E-state index contributed by atoms with van der Waals surface area (Å²) in [7, 11) is 0. The number of benzene rings is 2. The van der Waals surface area contributed by atoms with Gasteiger partial charge >= 0.3 is 0 Å². The van der Waals surface area contributed by atoms with Gasteiger partial charge in [0.05, 0.1) is 5.52 Å². The van der Waals surface area contributed by atoms with Gasteiger partial charge in [-0.05, 0) is 36.7 Å². The number of fused-ring (bicyclic) bond motifs is 1. The van der Waals surface area contributed by atoms with Crippen LogP contribution in [-0.4, -0.2) is 16.5 Å². The Bertz CT molecular complexity index is 824. The van der Waals surface area contributed by atoms with E-state index in [1.807, 2.05) is 42.2 Å². The third-order valence-corrected chi connectivity index (χ3v) is 3.50. The Morgan fingerprint density at radius 2 is 1.73 bits per heavy atom. The van der Waals surface area contributed by atoms with Gasteiger partial charge in [-0.15, -0.1) is 0 Å². The first-order chi connectivity index (χ1) is 10.6. The van der Waals surface area contributed by atoms with Crippen LogP contribution < -0.4 is 4.90 Å². The van der Waals surface area contributed by atoms with Crippen molar-refractivity contribution in [3.8, 4) is 0 Å². The highest BCUT2D eigenvalue weighted by Gasteiger charge is 2.17. The number of nitrogens with zero attached hydrogens (tertiary/aromatic N) is 3. The molecule has 0 aliphatic heterocycles. The lowest BCUT2D eigenvalue weighted by molar-refractivity contribution is 0.510. The van der Waals surface area contributed by atoms with E-state index in [2.05, 4.69) is 9.97 Å². The second-order valence-electron chi connectivity index (χ2n) is 4.68. The number of anilines is 2. The number of halogens is 3. The fourth-order valence-corrected chi connectivity index (χ4v) is 2.52. The summed E-state index contributed by atoms with van der Waals surface area (Å²) in [5.74, 6) is -1.46. The molecule has 0 spiro atoms. The Morgan fingerprint density at radius 1 is 1.05 bits per heavy atom. The molecule has 0 saturated heterocycles. The molecule has 0 atom stereocenters. The van der Waals surface area contributed by atoms with Crippen LogP contribution >= 0.6 is 11.6 Å². The van der Waals surface area contributed by atoms with E-state index in [4.69, 9.17) is 11.6 Å². The number of para-hydroxylation sites is 1. The normalized spacial score (nSPS) is 10.9. The lowest BCUT2D eigenvalue weighted by atomic mass is 10.2. The van der Waals surface area contributed by atoms with Gasteiger partial charge in [0.15, 0.2) is 11.6 Å². The minimum atomic E-state index is -0.962. The smallest absolute Gasteiger partial charge is 0.224 e. The number of aromatic nitrogens is 2. The summed E-state index contributed by atoms with van der Waals surface area (Å²) in [5, 5.41) is 0.400. The molecular formula is C16H12ClF2N3. The molecule has 0 fully saturated rings. The van der Waals surface area contributed by atoms with Gasteiger partial charge in [-0.25, -0.2) is 13.8 Å². The number of hydrogen-bond donors (Lipinski definition) is 0. The van der Waals surface area contributed by atoms with Crippen molar-refractivity contribution in [2.75, 3.05) is 11.4 Å². The highest BCUT2D eigenvalue weighted by Crippen LogP contribution is 2.31. The summed E-state index contributed by atoms with van der Waals surface area (Å²) in [4.78, 5) is 10.0. The van der Waals surface area contributed by atoms with Crippen LogP contribution in [0.2, 0.25) is 5.28 Å². The van der Waals surface area contributed by atoms with Crippen molar-refractivity contribution in [2.45, 2.75) is 6.92 Å². The van der Waals surface area contributed by atoms with Gasteiger partial charge in [0.25, 0.3) is 0 Å². The third-order valence-electron chi connectivity index (χ3n) is 3.33. The second-order valence-corrected chi connectivity index (χ2v) is 5.02. The SMILES string of the molecule is CCN(c1ccccc1)c1nc(Cl)nc2cc(F)c(F)cc12. The first-order valence-corrected chi connectivity index (χ1v) is 7.13. The Hall–Kier alpha value is -2.27. The Morgan fingerprint density at radius 3 is 2.41 bits per heavy atom. The lowest BCUT2D eigenvalue weighted by Gasteiger charge is -2.23. The molecule has 112 valence electrons. The van der Waals surface area contributed by atoms with Gasteiger partial charge in [0.1, 0.15) is 5.82 Å². The summed E-state index contributed by atoms with van der Waals surface area (Å²) >= 11 is 5.94. The molecule has 2 aromatic carbocycles. The maximum Gasteiger partial charge on any atom is 0.224 e. The molecule has 6 heteroatoms. The summed E-state index contributed by atoms with van der Waals surface area (Å²) in [5.41, 5.74) is 1.15. The molecule has 3 rings (SSSR count). The lowest BCUT2D eigenvalue weighted by Crippen LogP contribution is -2.18. The van der Waals surface area contributed by atoms with E-state index in [-0.39, 0.29) is 10.8 Å². The Kier molecular flexibility index (Phi) is 3.90. The Labute approximate surface area is 131 Å². The topological polar surface area (TPSA) is 29.0 Å². The van der Waals surface area contributed by atoms with Crippen molar-refractivity contribution in [3.63, 3.8) is 0 Å². The fraction of sp³-hybridized carbons (Fsp3) is 0.125. The van der Waals surface area contributed by atoms with Gasteiger partial charge in [0.2, 0.25) is 5.28 Å². The first-order valence-electron chi connectivity index (χ1n) is 6.75. The predicted molar refractivity (Wildman–Crippen MR) is 83.6 cm³/mol. The largest absolute Gasteiger partial charge is 0.326 e. The number of rotatable bonds is 3. The van der Waals surface area contributed by atoms with Crippen LogP contribution in [0, 0.1) is 11.6 Å². The quantitative estimate of drug-likeness (QED) is 0.654. The van der Waals surface area contributed by atoms with E-state index >= 15 is 0 Å². The van der Waals surface area contributed by atoms with Crippen molar-refractivity contribution in [1.82, 2.24) is 9.97 Å². The Balaban J connectivity index is 2.26. The standard InChI is InChI=1S/C16H12ClF2N3/c1-2-22(10-6-4-3-5-7-10)15-11-8-12(18)13(19)9-14(11)20-16(17)21-15/h3-9H,2H2,1H3. The van der Waals surface area contributed by atoms with Gasteiger partial charge < -0.3 is 4.90 Å².